The molecule has 5 heteroatoms. The lowest BCUT2D eigenvalue weighted by atomic mass is 9.96. The number of anilines is 1. The standard InChI is InChI=1S/C17H11N3O2/c18-10-11-5-7-12(8-6-11)15-9-16(20(21)22)13-3-1-2-4-14(13)17(15)19/h1-9H,19H2. The van der Waals surface area contributed by atoms with Crippen LogP contribution < -0.4 is 5.73 Å². The SMILES string of the molecule is N#Cc1ccc(-c2cc([N+](=O)[O-])c3ccccc3c2N)cc1. The largest absolute Gasteiger partial charge is 0.398 e. The van der Waals surface area contributed by atoms with Crippen LogP contribution in [0.5, 0.6) is 0 Å². The number of hydrogen-bond donors (Lipinski definition) is 1. The molecule has 3 aromatic carbocycles. The molecule has 0 fully saturated rings. The van der Waals surface area contributed by atoms with Crippen molar-refractivity contribution in [1.29, 1.82) is 5.26 Å². The maximum atomic E-state index is 11.3. The van der Waals surface area contributed by atoms with E-state index in [9.17, 15) is 10.1 Å². The van der Waals surface area contributed by atoms with Gasteiger partial charge in [0.15, 0.2) is 0 Å². The zero-order chi connectivity index (χ0) is 15.7. The number of rotatable bonds is 2. The molecule has 0 amide bonds. The average Bonchev–Trinajstić information content (AvgIpc) is 2.55. The van der Waals surface area contributed by atoms with Gasteiger partial charge in [-0.25, -0.2) is 0 Å². The van der Waals surface area contributed by atoms with E-state index >= 15 is 0 Å². The Kier molecular flexibility index (Phi) is 3.20. The number of benzene rings is 3. The fourth-order valence-electron chi connectivity index (χ4n) is 2.49. The van der Waals surface area contributed by atoms with E-state index in [-0.39, 0.29) is 5.69 Å². The van der Waals surface area contributed by atoms with Gasteiger partial charge in [-0.05, 0) is 23.8 Å². The number of nitriles is 1. The molecule has 0 saturated heterocycles. The van der Waals surface area contributed by atoms with Crippen molar-refractivity contribution in [2.24, 2.45) is 0 Å². The van der Waals surface area contributed by atoms with Gasteiger partial charge < -0.3 is 5.73 Å². The molecule has 106 valence electrons. The van der Waals surface area contributed by atoms with Gasteiger partial charge in [0.2, 0.25) is 0 Å². The van der Waals surface area contributed by atoms with Crippen LogP contribution in [-0.2, 0) is 0 Å². The molecule has 0 unspecified atom stereocenters. The lowest BCUT2D eigenvalue weighted by molar-refractivity contribution is -0.383. The molecule has 0 saturated carbocycles. The monoisotopic (exact) mass is 289 g/mol. The zero-order valence-corrected chi connectivity index (χ0v) is 11.5. The summed E-state index contributed by atoms with van der Waals surface area (Å²) in [5.74, 6) is 0. The Morgan fingerprint density at radius 2 is 1.68 bits per heavy atom. The van der Waals surface area contributed by atoms with Gasteiger partial charge in [0.25, 0.3) is 5.69 Å². The van der Waals surface area contributed by atoms with Gasteiger partial charge in [0.1, 0.15) is 0 Å². The third kappa shape index (κ3) is 2.13. The summed E-state index contributed by atoms with van der Waals surface area (Å²) < 4.78 is 0. The van der Waals surface area contributed by atoms with Crippen LogP contribution in [0.25, 0.3) is 21.9 Å². The Bertz CT molecular complexity index is 925. The highest BCUT2D eigenvalue weighted by Crippen LogP contribution is 2.38. The van der Waals surface area contributed by atoms with E-state index in [1.807, 2.05) is 6.07 Å². The van der Waals surface area contributed by atoms with Gasteiger partial charge in [-0.2, -0.15) is 5.26 Å². The number of fused-ring (bicyclic) bond motifs is 1. The molecule has 0 bridgehead atoms. The molecule has 5 nitrogen and oxygen atoms in total. The lowest BCUT2D eigenvalue weighted by Gasteiger charge is -2.10. The van der Waals surface area contributed by atoms with Crippen LogP contribution in [0.4, 0.5) is 11.4 Å². The molecule has 0 spiro atoms. The number of nitrogens with two attached hydrogens (primary N) is 1. The minimum absolute atomic E-state index is 0.0177. The Labute approximate surface area is 126 Å². The van der Waals surface area contributed by atoms with Crippen molar-refractivity contribution in [1.82, 2.24) is 0 Å². The lowest BCUT2D eigenvalue weighted by Crippen LogP contribution is -1.97. The van der Waals surface area contributed by atoms with Crippen molar-refractivity contribution in [3.05, 3.63) is 70.3 Å². The first-order valence-corrected chi connectivity index (χ1v) is 6.58. The number of nitro groups is 1. The highest BCUT2D eigenvalue weighted by Gasteiger charge is 2.18. The van der Waals surface area contributed by atoms with Gasteiger partial charge in [-0.3, -0.25) is 10.1 Å². The van der Waals surface area contributed by atoms with Gasteiger partial charge >= 0.3 is 0 Å². The molecule has 0 aromatic heterocycles. The molecule has 3 aromatic rings. The van der Waals surface area contributed by atoms with E-state index in [0.29, 0.717) is 27.6 Å². The first-order valence-electron chi connectivity index (χ1n) is 6.58. The van der Waals surface area contributed by atoms with Crippen LogP contribution >= 0.6 is 0 Å². The number of nitro benzene ring substituents is 1. The fourth-order valence-corrected chi connectivity index (χ4v) is 2.49. The van der Waals surface area contributed by atoms with Gasteiger partial charge in [-0.1, -0.05) is 30.3 Å². The molecule has 0 radical (unpaired) electrons. The van der Waals surface area contributed by atoms with Crippen LogP contribution in [-0.4, -0.2) is 4.92 Å². The molecule has 0 aliphatic carbocycles. The molecule has 0 heterocycles. The minimum atomic E-state index is -0.408. The summed E-state index contributed by atoms with van der Waals surface area (Å²) in [4.78, 5) is 10.9. The maximum absolute atomic E-state index is 11.3. The van der Waals surface area contributed by atoms with Gasteiger partial charge in [-0.15, -0.1) is 0 Å². The maximum Gasteiger partial charge on any atom is 0.277 e. The van der Waals surface area contributed by atoms with Gasteiger partial charge in [0.05, 0.1) is 21.9 Å². The Hall–Kier alpha value is -3.39. The summed E-state index contributed by atoms with van der Waals surface area (Å²) in [6.45, 7) is 0. The smallest absolute Gasteiger partial charge is 0.277 e. The fraction of sp³-hybridized carbons (Fsp3) is 0. The first-order chi connectivity index (χ1) is 10.6. The molecule has 0 aliphatic rings. The van der Waals surface area contributed by atoms with Crippen molar-refractivity contribution >= 4 is 22.1 Å². The zero-order valence-electron chi connectivity index (χ0n) is 11.5. The summed E-state index contributed by atoms with van der Waals surface area (Å²) in [5, 5.41) is 21.3. The molecule has 0 atom stereocenters. The van der Waals surface area contributed by atoms with Crippen LogP contribution in [0.2, 0.25) is 0 Å². The summed E-state index contributed by atoms with van der Waals surface area (Å²) in [5.41, 5.74) is 8.57. The second-order valence-corrected chi connectivity index (χ2v) is 4.85. The van der Waals surface area contributed by atoms with Crippen LogP contribution in [0.15, 0.2) is 54.6 Å². The predicted molar refractivity (Wildman–Crippen MR) is 85.2 cm³/mol. The van der Waals surface area contributed by atoms with E-state index in [0.717, 1.165) is 5.56 Å². The molecule has 3 rings (SSSR count). The van der Waals surface area contributed by atoms with Crippen LogP contribution in [0.3, 0.4) is 0 Å². The first kappa shape index (κ1) is 13.6. The van der Waals surface area contributed by atoms with Crippen molar-refractivity contribution in [2.75, 3.05) is 5.73 Å². The van der Waals surface area contributed by atoms with E-state index in [4.69, 9.17) is 11.0 Å². The molecular weight excluding hydrogens is 278 g/mol. The third-order valence-electron chi connectivity index (χ3n) is 3.59. The van der Waals surface area contributed by atoms with E-state index < -0.39 is 4.92 Å². The minimum Gasteiger partial charge on any atom is -0.398 e. The second-order valence-electron chi connectivity index (χ2n) is 4.85. The number of hydrogen-bond acceptors (Lipinski definition) is 4. The predicted octanol–water partition coefficient (Wildman–Crippen LogP) is 3.87. The summed E-state index contributed by atoms with van der Waals surface area (Å²) in [6, 6.07) is 17.3. The van der Waals surface area contributed by atoms with E-state index in [2.05, 4.69) is 0 Å². The average molecular weight is 289 g/mol. The number of nitrogen functional groups attached to an aromatic ring is 1. The van der Waals surface area contributed by atoms with Crippen molar-refractivity contribution < 1.29 is 4.92 Å². The van der Waals surface area contributed by atoms with Crippen molar-refractivity contribution in [3.63, 3.8) is 0 Å². The third-order valence-corrected chi connectivity index (χ3v) is 3.59. The molecular formula is C17H11N3O2. The Morgan fingerprint density at radius 3 is 2.27 bits per heavy atom. The molecule has 22 heavy (non-hydrogen) atoms. The van der Waals surface area contributed by atoms with Crippen LogP contribution in [0, 0.1) is 21.4 Å². The topological polar surface area (TPSA) is 92.9 Å². The number of non-ortho nitro benzene ring substituents is 1. The van der Waals surface area contributed by atoms with E-state index in [1.165, 1.54) is 6.07 Å². The summed E-state index contributed by atoms with van der Waals surface area (Å²) in [7, 11) is 0. The van der Waals surface area contributed by atoms with Gasteiger partial charge in [0, 0.05) is 22.7 Å². The highest BCUT2D eigenvalue weighted by molar-refractivity contribution is 6.05. The Morgan fingerprint density at radius 1 is 1.05 bits per heavy atom. The quantitative estimate of drug-likeness (QED) is 0.440. The van der Waals surface area contributed by atoms with E-state index in [1.54, 1.807) is 48.5 Å². The Balaban J connectivity index is 2.32. The van der Waals surface area contributed by atoms with Crippen LogP contribution in [0.1, 0.15) is 5.56 Å². The van der Waals surface area contributed by atoms with Crippen molar-refractivity contribution in [2.45, 2.75) is 0 Å². The van der Waals surface area contributed by atoms with Crippen molar-refractivity contribution in [3.8, 4) is 17.2 Å². The normalized spacial score (nSPS) is 10.3. The number of nitrogens with zero attached hydrogens (tertiary/aromatic N) is 2. The highest BCUT2D eigenvalue weighted by atomic mass is 16.6. The summed E-state index contributed by atoms with van der Waals surface area (Å²) >= 11 is 0. The second kappa shape index (κ2) is 5.19. The molecule has 2 N–H and O–H groups in total. The summed E-state index contributed by atoms with van der Waals surface area (Å²) in [6.07, 6.45) is 0. The molecule has 0 aliphatic heterocycles.